The van der Waals surface area contributed by atoms with E-state index in [4.69, 9.17) is 14.2 Å². The van der Waals surface area contributed by atoms with Gasteiger partial charge in [0.1, 0.15) is 11.9 Å². The molecular formula is C25H34O4. The number of methoxy groups -OCH3 is 1. The van der Waals surface area contributed by atoms with Crippen LogP contribution in [0.1, 0.15) is 51.5 Å². The van der Waals surface area contributed by atoms with Crippen molar-refractivity contribution < 1.29 is 19.0 Å². The van der Waals surface area contributed by atoms with Crippen molar-refractivity contribution in [3.8, 4) is 5.75 Å². The SMILES string of the molecule is C=C/C=C(\C)CC[C@H]1CC(=O)O[C@@H]1/C=C(\C)CCCOCc1ccc(OC)cc1. The van der Waals surface area contributed by atoms with Crippen LogP contribution in [0.25, 0.3) is 0 Å². The monoisotopic (exact) mass is 398 g/mol. The lowest BCUT2D eigenvalue weighted by Crippen LogP contribution is -2.14. The van der Waals surface area contributed by atoms with E-state index in [1.54, 1.807) is 7.11 Å². The maximum absolute atomic E-state index is 11.8. The largest absolute Gasteiger partial charge is 0.497 e. The van der Waals surface area contributed by atoms with E-state index < -0.39 is 0 Å². The van der Waals surface area contributed by atoms with Gasteiger partial charge in [0.05, 0.1) is 20.1 Å². The second-order valence-corrected chi connectivity index (χ2v) is 7.72. The number of ether oxygens (including phenoxy) is 3. The highest BCUT2D eigenvalue weighted by Crippen LogP contribution is 2.30. The van der Waals surface area contributed by atoms with Gasteiger partial charge in [-0.1, -0.05) is 42.0 Å². The molecule has 1 aliphatic rings. The molecular weight excluding hydrogens is 364 g/mol. The Labute approximate surface area is 175 Å². The molecule has 0 radical (unpaired) electrons. The molecule has 29 heavy (non-hydrogen) atoms. The predicted octanol–water partition coefficient (Wildman–Crippen LogP) is 5.78. The summed E-state index contributed by atoms with van der Waals surface area (Å²) in [7, 11) is 1.66. The highest BCUT2D eigenvalue weighted by molar-refractivity contribution is 5.72. The summed E-state index contributed by atoms with van der Waals surface area (Å²) in [6, 6.07) is 7.92. The lowest BCUT2D eigenvalue weighted by Gasteiger charge is -2.15. The van der Waals surface area contributed by atoms with Crippen molar-refractivity contribution in [2.75, 3.05) is 13.7 Å². The number of allylic oxidation sites excluding steroid dienone is 4. The maximum Gasteiger partial charge on any atom is 0.306 e. The second-order valence-electron chi connectivity index (χ2n) is 7.72. The van der Waals surface area contributed by atoms with E-state index in [0.717, 1.165) is 37.0 Å². The van der Waals surface area contributed by atoms with Gasteiger partial charge in [-0.2, -0.15) is 0 Å². The van der Waals surface area contributed by atoms with Crippen molar-refractivity contribution in [2.24, 2.45) is 5.92 Å². The minimum Gasteiger partial charge on any atom is -0.497 e. The van der Waals surface area contributed by atoms with Crippen molar-refractivity contribution in [1.82, 2.24) is 0 Å². The van der Waals surface area contributed by atoms with Crippen LogP contribution < -0.4 is 4.74 Å². The molecule has 0 amide bonds. The first-order valence-corrected chi connectivity index (χ1v) is 10.4. The number of carbonyl (C=O) groups is 1. The Morgan fingerprint density at radius 3 is 2.66 bits per heavy atom. The van der Waals surface area contributed by atoms with Crippen molar-refractivity contribution in [3.05, 3.63) is 65.8 Å². The van der Waals surface area contributed by atoms with Crippen LogP contribution in [-0.4, -0.2) is 25.8 Å². The van der Waals surface area contributed by atoms with Crippen molar-refractivity contribution >= 4 is 5.97 Å². The fourth-order valence-corrected chi connectivity index (χ4v) is 3.49. The van der Waals surface area contributed by atoms with Crippen LogP contribution in [0.3, 0.4) is 0 Å². The van der Waals surface area contributed by atoms with Crippen molar-refractivity contribution in [3.63, 3.8) is 0 Å². The summed E-state index contributed by atoms with van der Waals surface area (Å²) in [5.74, 6) is 1.03. The topological polar surface area (TPSA) is 44.8 Å². The van der Waals surface area contributed by atoms with E-state index in [0.29, 0.717) is 19.6 Å². The van der Waals surface area contributed by atoms with Crippen LogP contribution in [0.5, 0.6) is 5.75 Å². The molecule has 0 spiro atoms. The molecule has 1 aromatic rings. The standard InChI is InChI=1S/C25H34O4/c1-5-7-19(2)9-12-22-17-25(26)29-24(22)16-20(3)8-6-15-28-18-21-10-13-23(27-4)14-11-21/h5,7,10-11,13-14,16,22,24H,1,6,8-9,12,15,17-18H2,2-4H3/b19-7+,20-16+/t22-,24+/m0/s1. The van der Waals surface area contributed by atoms with Crippen LogP contribution in [0.2, 0.25) is 0 Å². The van der Waals surface area contributed by atoms with Gasteiger partial charge in [0.15, 0.2) is 0 Å². The molecule has 1 aliphatic heterocycles. The summed E-state index contributed by atoms with van der Waals surface area (Å²) in [5, 5.41) is 0. The summed E-state index contributed by atoms with van der Waals surface area (Å²) >= 11 is 0. The predicted molar refractivity (Wildman–Crippen MR) is 117 cm³/mol. The molecule has 2 rings (SSSR count). The molecule has 1 aromatic carbocycles. The van der Waals surface area contributed by atoms with E-state index in [1.165, 1.54) is 11.1 Å². The van der Waals surface area contributed by atoms with Gasteiger partial charge < -0.3 is 14.2 Å². The van der Waals surface area contributed by atoms with Gasteiger partial charge in [-0.3, -0.25) is 4.79 Å². The molecule has 2 atom stereocenters. The minimum absolute atomic E-state index is 0.0859. The smallest absolute Gasteiger partial charge is 0.306 e. The molecule has 0 bridgehead atoms. The van der Waals surface area contributed by atoms with E-state index in [1.807, 2.05) is 36.4 Å². The summed E-state index contributed by atoms with van der Waals surface area (Å²) in [6.45, 7) is 9.25. The average molecular weight is 399 g/mol. The third-order valence-corrected chi connectivity index (χ3v) is 5.21. The lowest BCUT2D eigenvalue weighted by molar-refractivity contribution is -0.140. The molecule has 0 saturated carbocycles. The number of esters is 1. The second kappa shape index (κ2) is 12.3. The maximum atomic E-state index is 11.8. The van der Waals surface area contributed by atoms with Gasteiger partial charge in [0.2, 0.25) is 0 Å². The highest BCUT2D eigenvalue weighted by Gasteiger charge is 2.32. The van der Waals surface area contributed by atoms with E-state index in [2.05, 4.69) is 26.5 Å². The van der Waals surface area contributed by atoms with Crippen molar-refractivity contribution in [1.29, 1.82) is 0 Å². The van der Waals surface area contributed by atoms with E-state index >= 15 is 0 Å². The van der Waals surface area contributed by atoms with Crippen LogP contribution in [0, 0.1) is 5.92 Å². The highest BCUT2D eigenvalue weighted by atomic mass is 16.5. The van der Waals surface area contributed by atoms with Gasteiger partial charge in [-0.05, 0) is 63.3 Å². The molecule has 0 aliphatic carbocycles. The Hall–Kier alpha value is -2.33. The number of rotatable bonds is 12. The first-order chi connectivity index (χ1) is 14.0. The quantitative estimate of drug-likeness (QED) is 0.194. The number of hydrogen-bond acceptors (Lipinski definition) is 4. The Bertz CT molecular complexity index is 715. The normalized spacial score (nSPS) is 19.9. The summed E-state index contributed by atoms with van der Waals surface area (Å²) in [4.78, 5) is 11.8. The number of benzene rings is 1. The molecule has 0 N–H and O–H groups in total. The lowest BCUT2D eigenvalue weighted by atomic mass is 9.92. The summed E-state index contributed by atoms with van der Waals surface area (Å²) < 4.78 is 16.5. The Morgan fingerprint density at radius 1 is 1.21 bits per heavy atom. The molecule has 1 heterocycles. The average Bonchev–Trinajstić information content (AvgIpc) is 3.05. The van der Waals surface area contributed by atoms with Crippen LogP contribution in [0.4, 0.5) is 0 Å². The molecule has 0 unspecified atom stereocenters. The van der Waals surface area contributed by atoms with Crippen LogP contribution in [0.15, 0.2) is 60.2 Å². The summed E-state index contributed by atoms with van der Waals surface area (Å²) in [5.41, 5.74) is 3.67. The molecule has 158 valence electrons. The minimum atomic E-state index is -0.0979. The third kappa shape index (κ3) is 8.28. The van der Waals surface area contributed by atoms with Crippen LogP contribution >= 0.6 is 0 Å². The fourth-order valence-electron chi connectivity index (χ4n) is 3.49. The zero-order valence-electron chi connectivity index (χ0n) is 18.0. The molecule has 0 aromatic heterocycles. The molecule has 4 nitrogen and oxygen atoms in total. The van der Waals surface area contributed by atoms with Gasteiger partial charge in [0.25, 0.3) is 0 Å². The first kappa shape index (κ1) is 23.0. The number of carbonyl (C=O) groups excluding carboxylic acids is 1. The summed E-state index contributed by atoms with van der Waals surface area (Å²) in [6.07, 6.45) is 10.2. The number of cyclic esters (lactones) is 1. The molecule has 1 fully saturated rings. The van der Waals surface area contributed by atoms with Gasteiger partial charge in [-0.15, -0.1) is 0 Å². The Kier molecular flexibility index (Phi) is 9.72. The number of hydrogen-bond donors (Lipinski definition) is 0. The van der Waals surface area contributed by atoms with Gasteiger partial charge in [0, 0.05) is 12.5 Å². The van der Waals surface area contributed by atoms with E-state index in [-0.39, 0.29) is 18.0 Å². The molecule has 4 heteroatoms. The Balaban J connectivity index is 1.72. The zero-order chi connectivity index (χ0) is 21.1. The van der Waals surface area contributed by atoms with Crippen LogP contribution in [-0.2, 0) is 20.9 Å². The van der Waals surface area contributed by atoms with Gasteiger partial charge >= 0.3 is 5.97 Å². The van der Waals surface area contributed by atoms with Crippen molar-refractivity contribution in [2.45, 2.75) is 58.7 Å². The Morgan fingerprint density at radius 2 is 1.97 bits per heavy atom. The van der Waals surface area contributed by atoms with Gasteiger partial charge in [-0.25, -0.2) is 0 Å². The fraction of sp³-hybridized carbons (Fsp3) is 0.480. The first-order valence-electron chi connectivity index (χ1n) is 10.4. The third-order valence-electron chi connectivity index (χ3n) is 5.21. The van der Waals surface area contributed by atoms with E-state index in [9.17, 15) is 4.79 Å². The zero-order valence-corrected chi connectivity index (χ0v) is 18.0. The molecule has 1 saturated heterocycles.